The summed E-state index contributed by atoms with van der Waals surface area (Å²) < 4.78 is 5.65. The van der Waals surface area contributed by atoms with Crippen LogP contribution in [0.5, 0.6) is 0 Å². The first kappa shape index (κ1) is 20.9. The Bertz CT molecular complexity index is 593. The van der Waals surface area contributed by atoms with Crippen molar-refractivity contribution in [2.45, 2.75) is 63.1 Å². The van der Waals surface area contributed by atoms with E-state index in [1.165, 1.54) is 12.8 Å². The number of likely N-dealkylation sites (N-methyl/N-ethyl adjacent to an activating group) is 1. The number of carbonyl (C=O) groups excluding carboxylic acids is 1. The Hall–Kier alpha value is -0.780. The highest BCUT2D eigenvalue weighted by molar-refractivity contribution is 7.98. The minimum Gasteiger partial charge on any atom is -0.462 e. The molecule has 2 saturated carbocycles. The molecule has 27 heavy (non-hydrogen) atoms. The minimum atomic E-state index is -0.222. The standard InChI is InChI=1S/C22H36N2O2S/c1-14(19(24-3)10-12-27-4)8-9-16-18-7-5-6-11-22(18,23)13-17-20(16)15(2)26-21(17)25/h8-9,15-20,24H,1,5-7,10-13,23H2,2-4H3/b9-8-/t15?,16-,17?,18?,19-,20?,22?/m0/s1. The smallest absolute Gasteiger partial charge is 0.309 e. The van der Waals surface area contributed by atoms with E-state index in [9.17, 15) is 4.79 Å². The van der Waals surface area contributed by atoms with Crippen LogP contribution in [0.4, 0.5) is 0 Å². The van der Waals surface area contributed by atoms with Crippen LogP contribution in [-0.2, 0) is 9.53 Å². The number of ether oxygens (including phenoxy) is 1. The summed E-state index contributed by atoms with van der Waals surface area (Å²) in [7, 11) is 2.00. The zero-order chi connectivity index (χ0) is 19.6. The molecule has 0 radical (unpaired) electrons. The lowest BCUT2D eigenvalue weighted by Crippen LogP contribution is -2.59. The van der Waals surface area contributed by atoms with Gasteiger partial charge in [-0.25, -0.2) is 0 Å². The number of hydrogen-bond donors (Lipinski definition) is 2. The fourth-order valence-electron chi connectivity index (χ4n) is 5.80. The lowest BCUT2D eigenvalue weighted by atomic mass is 9.54. The average molecular weight is 393 g/mol. The summed E-state index contributed by atoms with van der Waals surface area (Å²) in [6, 6.07) is 0.293. The van der Waals surface area contributed by atoms with E-state index in [1.807, 2.05) is 18.8 Å². The summed E-state index contributed by atoms with van der Waals surface area (Å²) in [5, 5.41) is 3.38. The van der Waals surface area contributed by atoms with Gasteiger partial charge in [-0.15, -0.1) is 0 Å². The maximum atomic E-state index is 12.5. The number of esters is 1. The Balaban J connectivity index is 1.83. The lowest BCUT2D eigenvalue weighted by molar-refractivity contribution is -0.144. The van der Waals surface area contributed by atoms with Gasteiger partial charge in [0.2, 0.25) is 0 Å². The molecule has 4 nitrogen and oxygen atoms in total. The molecule has 1 saturated heterocycles. The van der Waals surface area contributed by atoms with Gasteiger partial charge in [-0.1, -0.05) is 31.6 Å². The van der Waals surface area contributed by atoms with Crippen LogP contribution in [0.15, 0.2) is 24.3 Å². The van der Waals surface area contributed by atoms with Gasteiger partial charge in [-0.3, -0.25) is 4.79 Å². The summed E-state index contributed by atoms with van der Waals surface area (Å²) in [6.07, 6.45) is 13.1. The monoisotopic (exact) mass is 392 g/mol. The second-order valence-electron chi connectivity index (χ2n) is 8.75. The highest BCUT2D eigenvalue weighted by atomic mass is 32.2. The van der Waals surface area contributed by atoms with Crippen molar-refractivity contribution in [3.63, 3.8) is 0 Å². The normalized spacial score (nSPS) is 39.7. The summed E-state index contributed by atoms with van der Waals surface area (Å²) in [4.78, 5) is 12.5. The summed E-state index contributed by atoms with van der Waals surface area (Å²) in [5.41, 5.74) is 7.79. The Kier molecular flexibility index (Phi) is 6.75. The largest absolute Gasteiger partial charge is 0.462 e. The number of hydrogen-bond acceptors (Lipinski definition) is 5. The number of thioether (sulfide) groups is 1. The van der Waals surface area contributed by atoms with Gasteiger partial charge in [0, 0.05) is 17.5 Å². The fraction of sp³-hybridized carbons (Fsp3) is 0.773. The molecule has 5 heteroatoms. The van der Waals surface area contributed by atoms with Crippen molar-refractivity contribution in [3.05, 3.63) is 24.3 Å². The van der Waals surface area contributed by atoms with E-state index in [1.54, 1.807) is 0 Å². The number of fused-ring (bicyclic) bond motifs is 2. The number of nitrogens with two attached hydrogens (primary N) is 1. The summed E-state index contributed by atoms with van der Waals surface area (Å²) >= 11 is 1.86. The first-order valence-electron chi connectivity index (χ1n) is 10.4. The van der Waals surface area contributed by atoms with Crippen LogP contribution in [0.2, 0.25) is 0 Å². The molecule has 1 aliphatic heterocycles. The third-order valence-corrected chi connectivity index (χ3v) is 7.85. The highest BCUT2D eigenvalue weighted by Gasteiger charge is 2.58. The molecule has 3 fully saturated rings. The van der Waals surface area contributed by atoms with E-state index in [2.05, 4.69) is 37.2 Å². The van der Waals surface area contributed by atoms with Gasteiger partial charge in [0.15, 0.2) is 0 Å². The van der Waals surface area contributed by atoms with Crippen LogP contribution in [0.1, 0.15) is 45.4 Å². The molecular weight excluding hydrogens is 356 g/mol. The van der Waals surface area contributed by atoms with Crippen molar-refractivity contribution in [2.75, 3.05) is 19.1 Å². The molecule has 5 unspecified atom stereocenters. The van der Waals surface area contributed by atoms with Crippen LogP contribution >= 0.6 is 11.8 Å². The number of carbonyl (C=O) groups is 1. The molecular formula is C22H36N2O2S. The molecule has 0 aromatic rings. The van der Waals surface area contributed by atoms with Crippen molar-refractivity contribution in [1.82, 2.24) is 5.32 Å². The predicted octanol–water partition coefficient (Wildman–Crippen LogP) is 3.53. The van der Waals surface area contributed by atoms with Gasteiger partial charge >= 0.3 is 5.97 Å². The Morgan fingerprint density at radius 2 is 2.30 bits per heavy atom. The summed E-state index contributed by atoms with van der Waals surface area (Å²) in [6.45, 7) is 6.37. The van der Waals surface area contributed by atoms with Gasteiger partial charge in [-0.2, -0.15) is 11.8 Å². The molecule has 152 valence electrons. The van der Waals surface area contributed by atoms with Crippen molar-refractivity contribution in [1.29, 1.82) is 0 Å². The van der Waals surface area contributed by atoms with Crippen LogP contribution in [-0.4, -0.2) is 42.7 Å². The maximum absolute atomic E-state index is 12.5. The van der Waals surface area contributed by atoms with Gasteiger partial charge in [-0.05, 0) is 69.1 Å². The first-order chi connectivity index (χ1) is 12.9. The van der Waals surface area contributed by atoms with E-state index in [4.69, 9.17) is 10.5 Å². The molecule has 3 rings (SSSR count). The molecule has 0 aromatic heterocycles. The maximum Gasteiger partial charge on any atom is 0.309 e. The van der Waals surface area contributed by atoms with Gasteiger partial charge < -0.3 is 15.8 Å². The number of allylic oxidation sites excluding steroid dienone is 1. The average Bonchev–Trinajstić information content (AvgIpc) is 2.92. The Morgan fingerprint density at radius 1 is 1.52 bits per heavy atom. The minimum absolute atomic E-state index is 0.0199. The van der Waals surface area contributed by atoms with Crippen molar-refractivity contribution < 1.29 is 9.53 Å². The third kappa shape index (κ3) is 4.15. The van der Waals surface area contributed by atoms with E-state index in [0.717, 1.165) is 37.0 Å². The van der Waals surface area contributed by atoms with Crippen LogP contribution < -0.4 is 11.1 Å². The molecule has 0 aromatic carbocycles. The zero-order valence-corrected chi connectivity index (χ0v) is 17.9. The van der Waals surface area contributed by atoms with Gasteiger partial charge in [0.25, 0.3) is 0 Å². The molecule has 7 atom stereocenters. The SMILES string of the molecule is C=C(/C=C\[C@@H]1C2C(C)OC(=O)C2CC2(N)CCCCC12)[C@H](CCSC)NC. The number of nitrogens with one attached hydrogen (secondary N) is 1. The quantitative estimate of drug-likeness (QED) is 0.513. The van der Waals surface area contributed by atoms with Crippen LogP contribution in [0.3, 0.4) is 0 Å². The summed E-state index contributed by atoms with van der Waals surface area (Å²) in [5.74, 6) is 2.02. The number of cyclic esters (lactones) is 1. The van der Waals surface area contributed by atoms with Gasteiger partial charge in [0.05, 0.1) is 5.92 Å². The van der Waals surface area contributed by atoms with E-state index in [0.29, 0.717) is 17.9 Å². The Morgan fingerprint density at radius 3 is 3.00 bits per heavy atom. The molecule has 1 heterocycles. The van der Waals surface area contributed by atoms with Crippen LogP contribution in [0, 0.1) is 23.7 Å². The lowest BCUT2D eigenvalue weighted by Gasteiger charge is -2.52. The molecule has 0 amide bonds. The fourth-order valence-corrected chi connectivity index (χ4v) is 6.27. The zero-order valence-electron chi connectivity index (χ0n) is 17.1. The van der Waals surface area contributed by atoms with Crippen LogP contribution in [0.25, 0.3) is 0 Å². The Labute approximate surface area is 168 Å². The van der Waals surface area contributed by atoms with Crippen molar-refractivity contribution in [3.8, 4) is 0 Å². The second-order valence-corrected chi connectivity index (χ2v) is 9.74. The molecule has 3 aliphatic rings. The third-order valence-electron chi connectivity index (χ3n) is 7.21. The molecule has 0 spiro atoms. The van der Waals surface area contributed by atoms with E-state index < -0.39 is 0 Å². The second kappa shape index (κ2) is 8.71. The highest BCUT2D eigenvalue weighted by Crippen LogP contribution is 2.54. The van der Waals surface area contributed by atoms with E-state index in [-0.39, 0.29) is 29.4 Å². The van der Waals surface area contributed by atoms with Crippen molar-refractivity contribution in [2.24, 2.45) is 29.4 Å². The number of rotatable bonds is 7. The van der Waals surface area contributed by atoms with Gasteiger partial charge in [0.1, 0.15) is 6.10 Å². The van der Waals surface area contributed by atoms with Crippen molar-refractivity contribution >= 4 is 17.7 Å². The topological polar surface area (TPSA) is 64.3 Å². The van der Waals surface area contributed by atoms with E-state index >= 15 is 0 Å². The molecule has 3 N–H and O–H groups in total. The predicted molar refractivity (Wildman–Crippen MR) is 114 cm³/mol. The first-order valence-corrected chi connectivity index (χ1v) is 11.8. The molecule has 0 bridgehead atoms. The molecule has 2 aliphatic carbocycles.